The van der Waals surface area contributed by atoms with Gasteiger partial charge in [0, 0.05) is 6.61 Å². The van der Waals surface area contributed by atoms with Crippen molar-refractivity contribution in [3.8, 4) is 5.75 Å². The fraction of sp³-hybridized carbons (Fsp3) is 0.739. The second-order valence-electron chi connectivity index (χ2n) is 8.69. The third kappa shape index (κ3) is 2.91. The minimum atomic E-state index is 0.416. The van der Waals surface area contributed by atoms with Gasteiger partial charge in [-0.15, -0.1) is 0 Å². The monoisotopic (exact) mass is 342 g/mol. The molecule has 2 heteroatoms. The maximum Gasteiger partial charge on any atom is 0.119 e. The summed E-state index contributed by atoms with van der Waals surface area (Å²) in [5.41, 5.74) is 3.60. The normalized spacial score (nSPS) is 36.4. The minimum absolute atomic E-state index is 0.416. The molecule has 0 radical (unpaired) electrons. The molecule has 0 saturated heterocycles. The lowest BCUT2D eigenvalue weighted by atomic mass is 9.55. The van der Waals surface area contributed by atoms with Gasteiger partial charge in [-0.25, -0.2) is 0 Å². The quantitative estimate of drug-likeness (QED) is 0.679. The van der Waals surface area contributed by atoms with Crippen LogP contribution in [-0.2, 0) is 11.2 Å². The number of fused-ring (bicyclic) bond motifs is 5. The van der Waals surface area contributed by atoms with Crippen LogP contribution in [0.4, 0.5) is 0 Å². The van der Waals surface area contributed by atoms with Crippen LogP contribution in [0.25, 0.3) is 0 Å². The third-order valence-corrected chi connectivity index (χ3v) is 7.45. The Morgan fingerprint density at radius 2 is 2.00 bits per heavy atom. The Hall–Kier alpha value is -1.02. The Morgan fingerprint density at radius 1 is 1.12 bits per heavy atom. The highest BCUT2D eigenvalue weighted by atomic mass is 16.5. The minimum Gasteiger partial charge on any atom is -0.494 e. The Balaban J connectivity index is 1.56. The van der Waals surface area contributed by atoms with Crippen LogP contribution in [0, 0.1) is 17.3 Å². The number of rotatable bonds is 5. The van der Waals surface area contributed by atoms with Crippen LogP contribution in [0.2, 0.25) is 0 Å². The molecular weight excluding hydrogens is 308 g/mol. The average molecular weight is 343 g/mol. The molecule has 2 fully saturated rings. The fourth-order valence-electron chi connectivity index (χ4n) is 6.30. The van der Waals surface area contributed by atoms with E-state index in [2.05, 4.69) is 39.0 Å². The van der Waals surface area contributed by atoms with Gasteiger partial charge < -0.3 is 9.47 Å². The number of benzene rings is 1. The molecule has 2 nitrogen and oxygen atoms in total. The molecule has 0 aliphatic heterocycles. The first kappa shape index (κ1) is 17.4. The molecule has 3 aliphatic rings. The van der Waals surface area contributed by atoms with Crippen LogP contribution in [0.5, 0.6) is 5.75 Å². The van der Waals surface area contributed by atoms with Gasteiger partial charge in [0.25, 0.3) is 0 Å². The molecule has 0 heterocycles. The molecule has 0 aromatic heterocycles. The summed E-state index contributed by atoms with van der Waals surface area (Å²) >= 11 is 0. The highest BCUT2D eigenvalue weighted by molar-refractivity contribution is 5.40. The first-order valence-electron chi connectivity index (χ1n) is 10.5. The first-order valence-corrected chi connectivity index (χ1v) is 10.5. The van der Waals surface area contributed by atoms with E-state index in [-0.39, 0.29) is 0 Å². The molecule has 3 aliphatic carbocycles. The number of aryl methyl sites for hydroxylation is 1. The highest BCUT2D eigenvalue weighted by Crippen LogP contribution is 2.61. The van der Waals surface area contributed by atoms with Crippen molar-refractivity contribution >= 4 is 0 Å². The lowest BCUT2D eigenvalue weighted by Gasteiger charge is -2.50. The molecule has 25 heavy (non-hydrogen) atoms. The summed E-state index contributed by atoms with van der Waals surface area (Å²) in [6, 6.07) is 6.92. The summed E-state index contributed by atoms with van der Waals surface area (Å²) in [7, 11) is 0. The van der Waals surface area contributed by atoms with Crippen LogP contribution >= 0.6 is 0 Å². The van der Waals surface area contributed by atoms with Gasteiger partial charge in [-0.2, -0.15) is 0 Å². The SMILES string of the molecule is CCCOc1ccc2c(c1)CCC1C2CCC2(C)C(OCC)CCC12. The van der Waals surface area contributed by atoms with Crippen molar-refractivity contribution in [1.82, 2.24) is 0 Å². The molecule has 138 valence electrons. The molecule has 1 aromatic carbocycles. The van der Waals surface area contributed by atoms with Crippen molar-refractivity contribution in [2.75, 3.05) is 13.2 Å². The second kappa shape index (κ2) is 6.95. The highest BCUT2D eigenvalue weighted by Gasteiger charge is 2.55. The predicted octanol–water partition coefficient (Wildman–Crippen LogP) is 5.74. The zero-order valence-electron chi connectivity index (χ0n) is 16.2. The maximum absolute atomic E-state index is 6.16. The van der Waals surface area contributed by atoms with Crippen molar-refractivity contribution in [2.24, 2.45) is 17.3 Å². The molecule has 2 saturated carbocycles. The van der Waals surface area contributed by atoms with Gasteiger partial charge in [0.2, 0.25) is 0 Å². The summed E-state index contributed by atoms with van der Waals surface area (Å²) in [5, 5.41) is 0. The third-order valence-electron chi connectivity index (χ3n) is 7.45. The molecule has 5 atom stereocenters. The van der Waals surface area contributed by atoms with Gasteiger partial charge in [-0.1, -0.05) is 19.9 Å². The zero-order chi connectivity index (χ0) is 17.4. The molecule has 4 rings (SSSR count). The van der Waals surface area contributed by atoms with Crippen molar-refractivity contribution in [3.05, 3.63) is 29.3 Å². The summed E-state index contributed by atoms with van der Waals surface area (Å²) in [5.74, 6) is 3.55. The van der Waals surface area contributed by atoms with Gasteiger partial charge in [0.15, 0.2) is 0 Å². The number of ether oxygens (including phenoxy) is 2. The van der Waals surface area contributed by atoms with Crippen LogP contribution in [0.15, 0.2) is 18.2 Å². The lowest BCUT2D eigenvalue weighted by Crippen LogP contribution is -2.44. The Labute approximate surface area is 153 Å². The van der Waals surface area contributed by atoms with Gasteiger partial charge in [-0.3, -0.25) is 0 Å². The van der Waals surface area contributed by atoms with E-state index in [1.54, 1.807) is 11.1 Å². The number of hydrogen-bond acceptors (Lipinski definition) is 2. The van der Waals surface area contributed by atoms with Gasteiger partial charge in [0.05, 0.1) is 12.7 Å². The van der Waals surface area contributed by atoms with E-state index < -0.39 is 0 Å². The van der Waals surface area contributed by atoms with E-state index in [1.807, 2.05) is 0 Å². The van der Waals surface area contributed by atoms with Crippen LogP contribution < -0.4 is 4.74 Å². The van der Waals surface area contributed by atoms with Crippen LogP contribution in [0.1, 0.15) is 76.3 Å². The zero-order valence-corrected chi connectivity index (χ0v) is 16.2. The van der Waals surface area contributed by atoms with E-state index in [0.717, 1.165) is 43.1 Å². The Kier molecular flexibility index (Phi) is 4.83. The predicted molar refractivity (Wildman–Crippen MR) is 102 cm³/mol. The van der Waals surface area contributed by atoms with Crippen molar-refractivity contribution in [2.45, 2.75) is 77.7 Å². The first-order chi connectivity index (χ1) is 12.2. The summed E-state index contributed by atoms with van der Waals surface area (Å²) in [6.07, 6.45) is 9.46. The molecular formula is C23H34O2. The van der Waals surface area contributed by atoms with E-state index in [1.165, 1.54) is 38.5 Å². The van der Waals surface area contributed by atoms with Gasteiger partial charge in [0.1, 0.15) is 5.75 Å². The van der Waals surface area contributed by atoms with Crippen LogP contribution in [0.3, 0.4) is 0 Å². The molecule has 0 N–H and O–H groups in total. The summed E-state index contributed by atoms with van der Waals surface area (Å²) in [6.45, 7) is 8.53. The van der Waals surface area contributed by atoms with Gasteiger partial charge in [-0.05, 0) is 98.3 Å². The molecule has 0 amide bonds. The smallest absolute Gasteiger partial charge is 0.119 e. The fourth-order valence-corrected chi connectivity index (χ4v) is 6.30. The Bertz CT molecular complexity index is 610. The van der Waals surface area contributed by atoms with Crippen molar-refractivity contribution in [3.63, 3.8) is 0 Å². The van der Waals surface area contributed by atoms with E-state index in [0.29, 0.717) is 11.5 Å². The topological polar surface area (TPSA) is 18.5 Å². The average Bonchev–Trinajstić information content (AvgIpc) is 2.96. The summed E-state index contributed by atoms with van der Waals surface area (Å²) in [4.78, 5) is 0. The standard InChI is InChI=1S/C23H34O2/c1-4-14-25-17-7-9-18-16(15-17)6-8-20-19(18)12-13-23(3)21(20)10-11-22(23)24-5-2/h7,9,15,19-22H,4-6,8,10-14H2,1-3H3. The van der Waals surface area contributed by atoms with E-state index >= 15 is 0 Å². The van der Waals surface area contributed by atoms with Crippen LogP contribution in [-0.4, -0.2) is 19.3 Å². The lowest BCUT2D eigenvalue weighted by molar-refractivity contribution is -0.0600. The van der Waals surface area contributed by atoms with E-state index in [9.17, 15) is 0 Å². The summed E-state index contributed by atoms with van der Waals surface area (Å²) < 4.78 is 12.0. The molecule has 1 aromatic rings. The maximum atomic E-state index is 6.16. The molecule has 0 spiro atoms. The largest absolute Gasteiger partial charge is 0.494 e. The molecule has 5 unspecified atom stereocenters. The number of hydrogen-bond donors (Lipinski definition) is 0. The Morgan fingerprint density at radius 3 is 2.80 bits per heavy atom. The van der Waals surface area contributed by atoms with Gasteiger partial charge >= 0.3 is 0 Å². The van der Waals surface area contributed by atoms with Crippen molar-refractivity contribution < 1.29 is 9.47 Å². The van der Waals surface area contributed by atoms with E-state index in [4.69, 9.17) is 9.47 Å². The molecule has 0 bridgehead atoms. The van der Waals surface area contributed by atoms with Crippen molar-refractivity contribution in [1.29, 1.82) is 0 Å². The second-order valence-corrected chi connectivity index (χ2v) is 8.69.